The van der Waals surface area contributed by atoms with Gasteiger partial charge in [-0.2, -0.15) is 0 Å². The Labute approximate surface area is 112 Å². The van der Waals surface area contributed by atoms with Crippen LogP contribution in [0.1, 0.15) is 50.2 Å². The molecule has 18 heavy (non-hydrogen) atoms. The standard InChI is InChI=1S/C17H27N/c1-5-12-17(2,13-18(3)4)16-11-10-14-8-6-7-9-15(14)16/h6-9,16H,5,10-13H2,1-4H3. The summed E-state index contributed by atoms with van der Waals surface area (Å²) in [4.78, 5) is 2.36. The summed E-state index contributed by atoms with van der Waals surface area (Å²) < 4.78 is 0. The first kappa shape index (κ1) is 13.6. The lowest BCUT2D eigenvalue weighted by molar-refractivity contribution is 0.159. The van der Waals surface area contributed by atoms with Gasteiger partial charge >= 0.3 is 0 Å². The van der Waals surface area contributed by atoms with Crippen molar-refractivity contribution in [3.8, 4) is 0 Å². The summed E-state index contributed by atoms with van der Waals surface area (Å²) in [6.45, 7) is 6.00. The molecule has 100 valence electrons. The molecule has 0 radical (unpaired) electrons. The van der Waals surface area contributed by atoms with Crippen LogP contribution in [0.15, 0.2) is 24.3 Å². The minimum absolute atomic E-state index is 0.421. The monoisotopic (exact) mass is 245 g/mol. The van der Waals surface area contributed by atoms with E-state index in [1.165, 1.54) is 32.2 Å². The van der Waals surface area contributed by atoms with Gasteiger partial charge in [0.1, 0.15) is 0 Å². The van der Waals surface area contributed by atoms with Crippen molar-refractivity contribution < 1.29 is 0 Å². The van der Waals surface area contributed by atoms with E-state index in [0.717, 1.165) is 5.92 Å². The molecule has 1 heteroatoms. The number of hydrogen-bond acceptors (Lipinski definition) is 1. The summed E-state index contributed by atoms with van der Waals surface area (Å²) in [5.41, 5.74) is 3.63. The molecule has 2 unspecified atom stereocenters. The van der Waals surface area contributed by atoms with Crippen molar-refractivity contribution in [1.29, 1.82) is 0 Å². The highest BCUT2D eigenvalue weighted by atomic mass is 15.1. The Bertz CT molecular complexity index is 396. The molecule has 0 aromatic heterocycles. The van der Waals surface area contributed by atoms with Crippen molar-refractivity contribution >= 4 is 0 Å². The smallest absolute Gasteiger partial charge is 0.00351 e. The maximum Gasteiger partial charge on any atom is 0.00351 e. The number of benzene rings is 1. The maximum absolute atomic E-state index is 2.49. The summed E-state index contributed by atoms with van der Waals surface area (Å²) in [5.74, 6) is 0.746. The number of fused-ring (bicyclic) bond motifs is 1. The largest absolute Gasteiger partial charge is 0.309 e. The highest BCUT2D eigenvalue weighted by molar-refractivity contribution is 5.36. The third-order valence-corrected chi connectivity index (χ3v) is 4.47. The first-order chi connectivity index (χ1) is 8.57. The van der Waals surface area contributed by atoms with Crippen LogP contribution in [-0.2, 0) is 6.42 Å². The lowest BCUT2D eigenvalue weighted by Crippen LogP contribution is -2.35. The normalized spacial score (nSPS) is 21.9. The molecule has 1 nitrogen and oxygen atoms in total. The molecule has 1 aromatic rings. The van der Waals surface area contributed by atoms with Gasteiger partial charge in [0, 0.05) is 6.54 Å². The van der Waals surface area contributed by atoms with Gasteiger partial charge in [0.25, 0.3) is 0 Å². The summed E-state index contributed by atoms with van der Waals surface area (Å²) in [6.07, 6.45) is 5.21. The molecule has 1 aliphatic carbocycles. The average Bonchev–Trinajstić information content (AvgIpc) is 2.72. The molecule has 2 rings (SSSR count). The highest BCUT2D eigenvalue weighted by Gasteiger charge is 2.38. The van der Waals surface area contributed by atoms with Gasteiger partial charge < -0.3 is 4.90 Å². The van der Waals surface area contributed by atoms with Crippen LogP contribution in [-0.4, -0.2) is 25.5 Å². The second-order valence-electron chi connectivity index (χ2n) is 6.43. The third-order valence-electron chi connectivity index (χ3n) is 4.47. The van der Waals surface area contributed by atoms with Crippen LogP contribution in [0.5, 0.6) is 0 Å². The van der Waals surface area contributed by atoms with Crippen LogP contribution in [0.4, 0.5) is 0 Å². The first-order valence-electron chi connectivity index (χ1n) is 7.29. The quantitative estimate of drug-likeness (QED) is 0.755. The number of hydrogen-bond donors (Lipinski definition) is 0. The number of aryl methyl sites for hydroxylation is 1. The van der Waals surface area contributed by atoms with Crippen molar-refractivity contribution in [3.05, 3.63) is 35.4 Å². The third kappa shape index (κ3) is 2.61. The zero-order valence-electron chi connectivity index (χ0n) is 12.4. The van der Waals surface area contributed by atoms with E-state index in [2.05, 4.69) is 57.1 Å². The zero-order valence-corrected chi connectivity index (χ0v) is 12.4. The van der Waals surface area contributed by atoms with Gasteiger partial charge in [0.2, 0.25) is 0 Å². The van der Waals surface area contributed by atoms with Crippen LogP contribution < -0.4 is 0 Å². The van der Waals surface area contributed by atoms with Crippen molar-refractivity contribution in [2.75, 3.05) is 20.6 Å². The van der Waals surface area contributed by atoms with Crippen LogP contribution in [0, 0.1) is 5.41 Å². The Morgan fingerprint density at radius 1 is 1.28 bits per heavy atom. The van der Waals surface area contributed by atoms with Gasteiger partial charge in [-0.3, -0.25) is 0 Å². The topological polar surface area (TPSA) is 3.24 Å². The van der Waals surface area contributed by atoms with E-state index >= 15 is 0 Å². The Morgan fingerprint density at radius 3 is 2.67 bits per heavy atom. The van der Waals surface area contributed by atoms with Gasteiger partial charge in [0.15, 0.2) is 0 Å². The predicted molar refractivity (Wildman–Crippen MR) is 79.1 cm³/mol. The second-order valence-corrected chi connectivity index (χ2v) is 6.43. The first-order valence-corrected chi connectivity index (χ1v) is 7.29. The van der Waals surface area contributed by atoms with Gasteiger partial charge in [-0.15, -0.1) is 0 Å². The second kappa shape index (κ2) is 5.44. The number of rotatable bonds is 5. The fraction of sp³-hybridized carbons (Fsp3) is 0.647. The zero-order chi connectivity index (χ0) is 13.2. The average molecular weight is 245 g/mol. The van der Waals surface area contributed by atoms with E-state index in [-0.39, 0.29) is 0 Å². The summed E-state index contributed by atoms with van der Waals surface area (Å²) in [5, 5.41) is 0. The lowest BCUT2D eigenvalue weighted by atomic mass is 9.71. The molecular formula is C17H27N. The van der Waals surface area contributed by atoms with Gasteiger partial charge in [-0.05, 0) is 55.8 Å². The molecule has 0 saturated heterocycles. The molecule has 0 saturated carbocycles. The molecule has 0 heterocycles. The summed E-state index contributed by atoms with van der Waals surface area (Å²) >= 11 is 0. The Balaban J connectivity index is 2.28. The fourth-order valence-electron chi connectivity index (χ4n) is 3.94. The fourth-order valence-corrected chi connectivity index (χ4v) is 3.94. The Hall–Kier alpha value is -0.820. The molecule has 0 fully saturated rings. The molecule has 0 amide bonds. The predicted octanol–water partition coefficient (Wildman–Crippen LogP) is 4.08. The molecule has 0 bridgehead atoms. The Kier molecular flexibility index (Phi) is 4.11. The van der Waals surface area contributed by atoms with Gasteiger partial charge in [-0.25, -0.2) is 0 Å². The SMILES string of the molecule is CCCC(C)(CN(C)C)C1CCc2ccccc21. The van der Waals surface area contributed by atoms with Crippen LogP contribution in [0.25, 0.3) is 0 Å². The van der Waals surface area contributed by atoms with Gasteiger partial charge in [-0.1, -0.05) is 44.5 Å². The number of nitrogens with zero attached hydrogens (tertiary/aromatic N) is 1. The van der Waals surface area contributed by atoms with E-state index in [4.69, 9.17) is 0 Å². The summed E-state index contributed by atoms with van der Waals surface area (Å²) in [7, 11) is 4.41. The lowest BCUT2D eigenvalue weighted by Gasteiger charge is -2.38. The minimum atomic E-state index is 0.421. The van der Waals surface area contributed by atoms with E-state index in [0.29, 0.717) is 5.41 Å². The van der Waals surface area contributed by atoms with Crippen molar-refractivity contribution in [2.24, 2.45) is 5.41 Å². The van der Waals surface area contributed by atoms with E-state index in [1.54, 1.807) is 11.1 Å². The molecular weight excluding hydrogens is 218 g/mol. The van der Waals surface area contributed by atoms with Crippen LogP contribution in [0.3, 0.4) is 0 Å². The molecule has 0 N–H and O–H groups in total. The Morgan fingerprint density at radius 2 is 2.00 bits per heavy atom. The van der Waals surface area contributed by atoms with Gasteiger partial charge in [0.05, 0.1) is 0 Å². The minimum Gasteiger partial charge on any atom is -0.309 e. The molecule has 1 aliphatic rings. The summed E-state index contributed by atoms with van der Waals surface area (Å²) in [6, 6.07) is 9.07. The van der Waals surface area contributed by atoms with E-state index in [1.807, 2.05) is 0 Å². The van der Waals surface area contributed by atoms with Crippen molar-refractivity contribution in [3.63, 3.8) is 0 Å². The van der Waals surface area contributed by atoms with E-state index < -0.39 is 0 Å². The van der Waals surface area contributed by atoms with Crippen molar-refractivity contribution in [1.82, 2.24) is 4.90 Å². The van der Waals surface area contributed by atoms with E-state index in [9.17, 15) is 0 Å². The molecule has 0 aliphatic heterocycles. The van der Waals surface area contributed by atoms with Crippen LogP contribution >= 0.6 is 0 Å². The molecule has 1 aromatic carbocycles. The van der Waals surface area contributed by atoms with Crippen molar-refractivity contribution in [2.45, 2.75) is 45.4 Å². The molecule has 0 spiro atoms. The molecule has 2 atom stereocenters. The van der Waals surface area contributed by atoms with Crippen LogP contribution in [0.2, 0.25) is 0 Å². The highest BCUT2D eigenvalue weighted by Crippen LogP contribution is 2.47. The maximum atomic E-state index is 2.49.